The molecule has 1 fully saturated rings. The van der Waals surface area contributed by atoms with Crippen LogP contribution < -0.4 is 0 Å². The molecule has 0 bridgehead atoms. The van der Waals surface area contributed by atoms with Crippen molar-refractivity contribution in [1.29, 1.82) is 0 Å². The summed E-state index contributed by atoms with van der Waals surface area (Å²) < 4.78 is 29.6. The molecule has 0 amide bonds. The number of sulfonamides is 1. The third kappa shape index (κ3) is 2.83. The van der Waals surface area contributed by atoms with Gasteiger partial charge in [0.15, 0.2) is 5.65 Å². The summed E-state index contributed by atoms with van der Waals surface area (Å²) in [5.41, 5.74) is 2.63. The maximum Gasteiger partial charge on any atom is 0.244 e. The molecule has 4 aromatic rings. The van der Waals surface area contributed by atoms with Crippen LogP contribution in [0.4, 0.5) is 0 Å². The Morgan fingerprint density at radius 1 is 1.14 bits per heavy atom. The Labute approximate surface area is 166 Å². The molecule has 0 spiro atoms. The van der Waals surface area contributed by atoms with Crippen LogP contribution in [0.5, 0.6) is 0 Å². The van der Waals surface area contributed by atoms with Gasteiger partial charge in [-0.1, -0.05) is 0 Å². The lowest BCUT2D eigenvalue weighted by molar-refractivity contribution is 0.455. The Morgan fingerprint density at radius 3 is 2.82 bits per heavy atom. The van der Waals surface area contributed by atoms with E-state index in [9.17, 15) is 8.42 Å². The lowest BCUT2D eigenvalue weighted by Crippen LogP contribution is -2.29. The van der Waals surface area contributed by atoms with Crippen LogP contribution in [-0.2, 0) is 10.0 Å². The second kappa shape index (κ2) is 6.77. The highest BCUT2D eigenvalue weighted by atomic mass is 32.2. The third-order valence-electron chi connectivity index (χ3n) is 4.99. The third-order valence-corrected chi connectivity index (χ3v) is 7.52. The lowest BCUT2D eigenvalue weighted by Gasteiger charge is -2.18. The minimum Gasteiger partial charge on any atom is -0.304 e. The zero-order chi connectivity index (χ0) is 19.1. The fraction of sp³-hybridized carbons (Fsp3) is 0.211. The van der Waals surface area contributed by atoms with Gasteiger partial charge in [-0.2, -0.15) is 15.6 Å². The Hall–Kier alpha value is -2.62. The Bertz CT molecular complexity index is 1220. The number of rotatable bonds is 4. The van der Waals surface area contributed by atoms with Gasteiger partial charge < -0.3 is 4.57 Å². The second-order valence-corrected chi connectivity index (χ2v) is 9.38. The van der Waals surface area contributed by atoms with Crippen molar-refractivity contribution in [3.63, 3.8) is 0 Å². The number of hydrogen-bond acceptors (Lipinski definition) is 6. The highest BCUT2D eigenvalue weighted by Gasteiger charge is 2.35. The largest absolute Gasteiger partial charge is 0.304 e. The molecule has 1 aliphatic heterocycles. The quantitative estimate of drug-likeness (QED) is 0.515. The summed E-state index contributed by atoms with van der Waals surface area (Å²) in [6.45, 7) is 0.841. The van der Waals surface area contributed by atoms with Crippen molar-refractivity contribution in [2.45, 2.75) is 17.4 Å². The van der Waals surface area contributed by atoms with E-state index in [0.29, 0.717) is 19.5 Å². The van der Waals surface area contributed by atoms with Crippen molar-refractivity contribution >= 4 is 32.5 Å². The van der Waals surface area contributed by atoms with Gasteiger partial charge in [0.1, 0.15) is 16.2 Å². The molecule has 5 heterocycles. The Balaban J connectivity index is 1.55. The van der Waals surface area contributed by atoms with Crippen LogP contribution in [0.2, 0.25) is 0 Å². The first-order chi connectivity index (χ1) is 13.6. The number of nitrogens with zero attached hydrogens (tertiary/aromatic N) is 5. The van der Waals surface area contributed by atoms with Gasteiger partial charge in [-0.3, -0.25) is 4.98 Å². The average Bonchev–Trinajstić information content (AvgIpc) is 3.46. The summed E-state index contributed by atoms with van der Waals surface area (Å²) in [5, 5.41) is 4.07. The molecule has 0 unspecified atom stereocenters. The second-order valence-electron chi connectivity index (χ2n) is 6.66. The van der Waals surface area contributed by atoms with Crippen LogP contribution in [0.15, 0.2) is 64.6 Å². The molecule has 0 aliphatic carbocycles. The number of fused-ring (bicyclic) bond motifs is 1. The molecule has 7 nitrogen and oxygen atoms in total. The molecule has 142 valence electrons. The molecule has 5 rings (SSSR count). The standard InChI is InChI=1S/C19H17N5O2S2/c25-28(26,16-3-1-7-20-11-16)23-9-5-15(12-23)24-18(14-6-10-27-13-14)22-17-4-2-8-21-19(17)24/h1-4,6-8,10-11,13,15H,5,9,12H2/t15-/m1/s1. The molecule has 4 aromatic heterocycles. The number of hydrogen-bond donors (Lipinski definition) is 0. The van der Waals surface area contributed by atoms with Crippen LogP contribution in [-0.4, -0.2) is 45.3 Å². The fourth-order valence-electron chi connectivity index (χ4n) is 3.66. The number of imidazole rings is 1. The fourth-order valence-corrected chi connectivity index (χ4v) is 5.75. The zero-order valence-corrected chi connectivity index (χ0v) is 16.5. The van der Waals surface area contributed by atoms with Gasteiger partial charge in [-0.05, 0) is 42.1 Å². The van der Waals surface area contributed by atoms with Gasteiger partial charge in [0, 0.05) is 42.6 Å². The van der Waals surface area contributed by atoms with Crippen molar-refractivity contribution in [3.05, 3.63) is 59.7 Å². The predicted octanol–water partition coefficient (Wildman–Crippen LogP) is 3.19. The maximum absolute atomic E-state index is 13.0. The van der Waals surface area contributed by atoms with Gasteiger partial charge in [0.2, 0.25) is 10.0 Å². The summed E-state index contributed by atoms with van der Waals surface area (Å²) in [6, 6.07) is 9.03. The molecule has 9 heteroatoms. The maximum atomic E-state index is 13.0. The summed E-state index contributed by atoms with van der Waals surface area (Å²) in [5.74, 6) is 0.834. The predicted molar refractivity (Wildman–Crippen MR) is 107 cm³/mol. The number of pyridine rings is 2. The van der Waals surface area contributed by atoms with Crippen LogP contribution in [0.1, 0.15) is 12.5 Å². The first-order valence-electron chi connectivity index (χ1n) is 8.90. The van der Waals surface area contributed by atoms with Gasteiger partial charge in [0.05, 0.1) is 6.04 Å². The summed E-state index contributed by atoms with van der Waals surface area (Å²) in [6.07, 6.45) is 5.42. The minimum absolute atomic E-state index is 0.0266. The Morgan fingerprint density at radius 2 is 2.04 bits per heavy atom. The van der Waals surface area contributed by atoms with E-state index in [2.05, 4.69) is 19.9 Å². The molecule has 1 aliphatic rings. The van der Waals surface area contributed by atoms with Crippen LogP contribution in [0.25, 0.3) is 22.6 Å². The molecule has 28 heavy (non-hydrogen) atoms. The van der Waals surface area contributed by atoms with Gasteiger partial charge in [-0.25, -0.2) is 18.4 Å². The normalized spacial score (nSPS) is 18.1. The lowest BCUT2D eigenvalue weighted by atomic mass is 10.2. The van der Waals surface area contributed by atoms with Crippen molar-refractivity contribution < 1.29 is 8.42 Å². The van der Waals surface area contributed by atoms with E-state index in [1.165, 1.54) is 10.5 Å². The minimum atomic E-state index is -3.56. The Kier molecular flexibility index (Phi) is 4.22. The van der Waals surface area contributed by atoms with Crippen molar-refractivity contribution in [1.82, 2.24) is 23.8 Å². The van der Waals surface area contributed by atoms with E-state index in [1.807, 2.05) is 23.6 Å². The summed E-state index contributed by atoms with van der Waals surface area (Å²) in [4.78, 5) is 13.5. The average molecular weight is 412 g/mol. The molecular formula is C19H17N5O2S2. The number of thiophene rings is 1. The van der Waals surface area contributed by atoms with Crippen molar-refractivity contribution in [3.8, 4) is 11.4 Å². The van der Waals surface area contributed by atoms with Crippen LogP contribution in [0, 0.1) is 0 Å². The molecule has 0 saturated carbocycles. The summed E-state index contributed by atoms with van der Waals surface area (Å²) >= 11 is 1.61. The van der Waals surface area contributed by atoms with E-state index in [-0.39, 0.29) is 10.9 Å². The van der Waals surface area contributed by atoms with E-state index in [1.54, 1.807) is 35.9 Å². The highest BCUT2D eigenvalue weighted by Crippen LogP contribution is 2.34. The first-order valence-corrected chi connectivity index (χ1v) is 11.3. The van der Waals surface area contributed by atoms with E-state index in [0.717, 1.165) is 22.6 Å². The molecular weight excluding hydrogens is 394 g/mol. The van der Waals surface area contributed by atoms with Crippen molar-refractivity contribution in [2.75, 3.05) is 13.1 Å². The van der Waals surface area contributed by atoms with E-state index in [4.69, 9.17) is 4.98 Å². The van der Waals surface area contributed by atoms with Crippen LogP contribution >= 0.6 is 11.3 Å². The summed E-state index contributed by atoms with van der Waals surface area (Å²) in [7, 11) is -3.56. The van der Waals surface area contributed by atoms with E-state index < -0.39 is 10.0 Å². The highest BCUT2D eigenvalue weighted by molar-refractivity contribution is 7.89. The van der Waals surface area contributed by atoms with Crippen molar-refractivity contribution in [2.24, 2.45) is 0 Å². The smallest absolute Gasteiger partial charge is 0.244 e. The van der Waals surface area contributed by atoms with Gasteiger partial charge in [0.25, 0.3) is 0 Å². The zero-order valence-electron chi connectivity index (χ0n) is 14.8. The molecule has 0 aromatic carbocycles. The molecule has 0 radical (unpaired) electrons. The van der Waals surface area contributed by atoms with Crippen LogP contribution in [0.3, 0.4) is 0 Å². The SMILES string of the molecule is O=S(=O)(c1cccnc1)N1CC[C@@H](n2c(-c3ccsc3)nc3cccnc32)C1. The monoisotopic (exact) mass is 411 g/mol. The van der Waals surface area contributed by atoms with E-state index >= 15 is 0 Å². The van der Waals surface area contributed by atoms with Gasteiger partial charge in [-0.15, -0.1) is 0 Å². The van der Waals surface area contributed by atoms with Gasteiger partial charge >= 0.3 is 0 Å². The molecule has 0 N–H and O–H groups in total. The number of aromatic nitrogens is 4. The molecule has 1 atom stereocenters. The first kappa shape index (κ1) is 17.5. The molecule has 1 saturated heterocycles. The topological polar surface area (TPSA) is 81.0 Å².